The molecule has 0 bridgehead atoms. The Morgan fingerprint density at radius 1 is 1.04 bits per heavy atom. The summed E-state index contributed by atoms with van der Waals surface area (Å²) in [5.74, 6) is 1.05. The Bertz CT molecular complexity index is 702. The monoisotopic (exact) mass is 351 g/mol. The van der Waals surface area contributed by atoms with Crippen molar-refractivity contribution in [3.05, 3.63) is 71.8 Å². The zero-order chi connectivity index (χ0) is 16.9. The molecule has 2 aliphatic heterocycles. The molecule has 0 spiro atoms. The Kier molecular flexibility index (Phi) is 5.38. The topological polar surface area (TPSA) is 27.6 Å². The predicted octanol–water partition coefficient (Wildman–Crippen LogP) is 4.08. The van der Waals surface area contributed by atoms with Gasteiger partial charge in [0.25, 0.3) is 0 Å². The highest BCUT2D eigenvalue weighted by Gasteiger charge is 2.25. The van der Waals surface area contributed by atoms with Gasteiger partial charge in [0.15, 0.2) is 5.17 Å². The first-order valence-electron chi connectivity index (χ1n) is 9.15. The molecule has 0 radical (unpaired) electrons. The molecule has 4 rings (SSSR count). The van der Waals surface area contributed by atoms with Crippen molar-refractivity contribution in [1.29, 1.82) is 0 Å². The molecular weight excluding hydrogens is 326 g/mol. The fourth-order valence-electron chi connectivity index (χ4n) is 3.63. The van der Waals surface area contributed by atoms with Gasteiger partial charge in [-0.15, -0.1) is 0 Å². The maximum atomic E-state index is 4.91. The number of amidine groups is 1. The first-order chi connectivity index (χ1) is 12.4. The first-order valence-corrected chi connectivity index (χ1v) is 10.1. The van der Waals surface area contributed by atoms with E-state index in [2.05, 4.69) is 70.9 Å². The van der Waals surface area contributed by atoms with Gasteiger partial charge in [-0.3, -0.25) is 9.89 Å². The van der Waals surface area contributed by atoms with E-state index in [1.165, 1.54) is 30.5 Å². The van der Waals surface area contributed by atoms with Crippen LogP contribution in [0, 0.1) is 0 Å². The van der Waals surface area contributed by atoms with Crippen molar-refractivity contribution < 1.29 is 0 Å². The number of piperidine rings is 1. The van der Waals surface area contributed by atoms with Crippen LogP contribution in [0.1, 0.15) is 30.0 Å². The predicted molar refractivity (Wildman–Crippen MR) is 107 cm³/mol. The fraction of sp³-hybridized carbons (Fsp3) is 0.381. The van der Waals surface area contributed by atoms with Crippen LogP contribution < -0.4 is 5.32 Å². The summed E-state index contributed by atoms with van der Waals surface area (Å²) >= 11 is 1.86. The number of benzene rings is 2. The van der Waals surface area contributed by atoms with Gasteiger partial charge in [-0.05, 0) is 30.5 Å². The van der Waals surface area contributed by atoms with Gasteiger partial charge in [0.2, 0.25) is 0 Å². The van der Waals surface area contributed by atoms with Crippen LogP contribution in [0.15, 0.2) is 65.7 Å². The van der Waals surface area contributed by atoms with Gasteiger partial charge in [0.1, 0.15) is 0 Å². The number of rotatable bonds is 4. The SMILES string of the molecule is c1ccc(CN2CCCC(NC3=NC(c4ccccc4)CS3)C2)cc1. The third-order valence-corrected chi connectivity index (χ3v) is 5.90. The maximum Gasteiger partial charge on any atom is 0.157 e. The van der Waals surface area contributed by atoms with E-state index < -0.39 is 0 Å². The van der Waals surface area contributed by atoms with Crippen LogP contribution in [0.4, 0.5) is 0 Å². The maximum absolute atomic E-state index is 4.91. The third-order valence-electron chi connectivity index (χ3n) is 4.92. The Balaban J connectivity index is 1.33. The van der Waals surface area contributed by atoms with E-state index in [0.29, 0.717) is 12.1 Å². The molecule has 25 heavy (non-hydrogen) atoms. The summed E-state index contributed by atoms with van der Waals surface area (Å²) in [4.78, 5) is 7.47. The zero-order valence-corrected chi connectivity index (χ0v) is 15.3. The van der Waals surface area contributed by atoms with E-state index in [1.807, 2.05) is 11.8 Å². The molecule has 1 N–H and O–H groups in total. The van der Waals surface area contributed by atoms with Crippen molar-refractivity contribution in [2.24, 2.45) is 4.99 Å². The largest absolute Gasteiger partial charge is 0.361 e. The quantitative estimate of drug-likeness (QED) is 0.899. The van der Waals surface area contributed by atoms with E-state index in [9.17, 15) is 0 Å². The van der Waals surface area contributed by atoms with Gasteiger partial charge < -0.3 is 5.32 Å². The smallest absolute Gasteiger partial charge is 0.157 e. The van der Waals surface area contributed by atoms with Gasteiger partial charge in [-0.2, -0.15) is 0 Å². The number of nitrogens with one attached hydrogen (secondary N) is 1. The second kappa shape index (κ2) is 8.07. The molecule has 4 heteroatoms. The molecule has 2 heterocycles. The number of nitrogens with zero attached hydrogens (tertiary/aromatic N) is 2. The van der Waals surface area contributed by atoms with Crippen molar-refractivity contribution in [1.82, 2.24) is 10.2 Å². The van der Waals surface area contributed by atoms with E-state index in [-0.39, 0.29) is 0 Å². The van der Waals surface area contributed by atoms with E-state index in [4.69, 9.17) is 4.99 Å². The highest BCUT2D eigenvalue weighted by atomic mass is 32.2. The summed E-state index contributed by atoms with van der Waals surface area (Å²) in [5, 5.41) is 4.83. The van der Waals surface area contributed by atoms with Crippen LogP contribution in [0.5, 0.6) is 0 Å². The van der Waals surface area contributed by atoms with Crippen molar-refractivity contribution in [2.75, 3.05) is 18.8 Å². The fourth-order valence-corrected chi connectivity index (χ4v) is 4.67. The van der Waals surface area contributed by atoms with Gasteiger partial charge in [0.05, 0.1) is 6.04 Å². The third kappa shape index (κ3) is 4.44. The van der Waals surface area contributed by atoms with E-state index in [1.54, 1.807) is 0 Å². The molecule has 2 aromatic rings. The Morgan fingerprint density at radius 3 is 2.60 bits per heavy atom. The van der Waals surface area contributed by atoms with Crippen molar-refractivity contribution in [2.45, 2.75) is 31.5 Å². The molecule has 1 saturated heterocycles. The lowest BCUT2D eigenvalue weighted by atomic mass is 10.0. The molecule has 0 aliphatic carbocycles. The average Bonchev–Trinajstić information content (AvgIpc) is 3.12. The van der Waals surface area contributed by atoms with Crippen LogP contribution in [0.2, 0.25) is 0 Å². The second-order valence-electron chi connectivity index (χ2n) is 6.88. The summed E-state index contributed by atoms with van der Waals surface area (Å²) in [6.07, 6.45) is 2.49. The van der Waals surface area contributed by atoms with Crippen molar-refractivity contribution in [3.63, 3.8) is 0 Å². The Hall–Kier alpha value is -1.78. The second-order valence-corrected chi connectivity index (χ2v) is 7.88. The molecule has 2 unspecified atom stereocenters. The van der Waals surface area contributed by atoms with Crippen LogP contribution in [0.3, 0.4) is 0 Å². The molecule has 3 nitrogen and oxygen atoms in total. The number of hydrogen-bond donors (Lipinski definition) is 1. The van der Waals surface area contributed by atoms with Crippen LogP contribution >= 0.6 is 11.8 Å². The highest BCUT2D eigenvalue weighted by Crippen LogP contribution is 2.29. The van der Waals surface area contributed by atoms with Gasteiger partial charge in [-0.25, -0.2) is 0 Å². The normalized spacial score (nSPS) is 24.1. The highest BCUT2D eigenvalue weighted by molar-refractivity contribution is 8.14. The molecule has 0 saturated carbocycles. The molecular formula is C21H25N3S. The van der Waals surface area contributed by atoms with Crippen LogP contribution in [-0.4, -0.2) is 35.0 Å². The summed E-state index contributed by atoms with van der Waals surface area (Å²) in [6.45, 7) is 3.34. The van der Waals surface area contributed by atoms with E-state index >= 15 is 0 Å². The first kappa shape index (κ1) is 16.7. The summed E-state index contributed by atoms with van der Waals surface area (Å²) < 4.78 is 0. The number of aliphatic imine (C=N–C) groups is 1. The molecule has 2 atom stereocenters. The number of thioether (sulfide) groups is 1. The molecule has 0 aromatic heterocycles. The molecule has 130 valence electrons. The molecule has 0 amide bonds. The van der Waals surface area contributed by atoms with Gasteiger partial charge in [-0.1, -0.05) is 72.4 Å². The molecule has 2 aliphatic rings. The lowest BCUT2D eigenvalue weighted by Crippen LogP contribution is -2.46. The van der Waals surface area contributed by atoms with Crippen LogP contribution in [0.25, 0.3) is 0 Å². The van der Waals surface area contributed by atoms with Crippen molar-refractivity contribution in [3.8, 4) is 0 Å². The number of likely N-dealkylation sites (tertiary alicyclic amines) is 1. The molecule has 2 aromatic carbocycles. The van der Waals surface area contributed by atoms with E-state index in [0.717, 1.165) is 24.0 Å². The minimum atomic E-state index is 0.303. The average molecular weight is 352 g/mol. The Labute approximate surface area is 154 Å². The van der Waals surface area contributed by atoms with Gasteiger partial charge in [0, 0.05) is 24.9 Å². The summed E-state index contributed by atoms with van der Waals surface area (Å²) in [7, 11) is 0. The van der Waals surface area contributed by atoms with Gasteiger partial charge >= 0.3 is 0 Å². The minimum absolute atomic E-state index is 0.303. The zero-order valence-electron chi connectivity index (χ0n) is 14.5. The van der Waals surface area contributed by atoms with Crippen LogP contribution in [-0.2, 0) is 6.54 Å². The lowest BCUT2D eigenvalue weighted by Gasteiger charge is -2.33. The Morgan fingerprint density at radius 2 is 1.80 bits per heavy atom. The minimum Gasteiger partial charge on any atom is -0.361 e. The number of hydrogen-bond acceptors (Lipinski definition) is 4. The molecule has 1 fully saturated rings. The summed E-state index contributed by atoms with van der Waals surface area (Å²) in [5.41, 5.74) is 2.72. The van der Waals surface area contributed by atoms with Crippen molar-refractivity contribution >= 4 is 16.9 Å². The lowest BCUT2D eigenvalue weighted by molar-refractivity contribution is 0.193. The standard InChI is InChI=1S/C21H25N3S/c1-3-8-17(9-4-1)14-24-13-7-12-19(15-24)22-21-23-20(16-25-21)18-10-5-2-6-11-18/h1-6,8-11,19-20H,7,12-16H2,(H,22,23). The summed E-state index contributed by atoms with van der Waals surface area (Å²) in [6, 6.07) is 22.2.